The summed E-state index contributed by atoms with van der Waals surface area (Å²) < 4.78 is 0. The molecule has 0 aliphatic carbocycles. The van der Waals surface area contributed by atoms with Crippen molar-refractivity contribution in [3.8, 4) is 47.4 Å². The Morgan fingerprint density at radius 2 is 0.389 bits per heavy atom. The number of rotatable bonds is 0. The molecule has 0 unspecified atom stereocenters. The van der Waals surface area contributed by atoms with Crippen molar-refractivity contribution in [3.05, 3.63) is 226 Å². The third kappa shape index (κ3) is 6.34. The fraction of sp³-hybridized carbons (Fsp3) is 0. The predicted octanol–water partition coefficient (Wildman–Crippen LogP) is 11.9. The van der Waals surface area contributed by atoms with E-state index >= 15 is 0 Å². The Balaban J connectivity index is 1.46. The summed E-state index contributed by atoms with van der Waals surface area (Å²) in [6.07, 6.45) is 0. The number of fused-ring (bicyclic) bond motifs is 4. The largest absolute Gasteiger partial charge is 0.0622 e. The average Bonchev–Trinajstić information content (AvgIpc) is 3.24. The zero-order chi connectivity index (χ0) is 36.1. The molecule has 0 radical (unpaired) electrons. The van der Waals surface area contributed by atoms with E-state index in [2.05, 4.69) is 108 Å². The third-order valence-corrected chi connectivity index (χ3v) is 9.59. The van der Waals surface area contributed by atoms with Crippen LogP contribution in [0.15, 0.2) is 182 Å². The molecule has 9 aromatic rings. The fourth-order valence-electron chi connectivity index (χ4n) is 7.01. The molecular formula is C54H30. The maximum absolute atomic E-state index is 3.63. The molecule has 0 saturated carbocycles. The van der Waals surface area contributed by atoms with Gasteiger partial charge in [-0.15, -0.1) is 0 Å². The number of hydrogen-bond acceptors (Lipinski definition) is 0. The zero-order valence-electron chi connectivity index (χ0n) is 29.3. The summed E-state index contributed by atoms with van der Waals surface area (Å²) in [5, 5.41) is 8.37. The number of benzene rings is 9. The van der Waals surface area contributed by atoms with Crippen LogP contribution in [0.5, 0.6) is 0 Å². The highest BCUT2D eigenvalue weighted by atomic mass is 14.2. The lowest BCUT2D eigenvalue weighted by molar-refractivity contribution is 1.64. The monoisotopic (exact) mass is 678 g/mol. The van der Waals surface area contributed by atoms with Crippen molar-refractivity contribution in [1.82, 2.24) is 0 Å². The lowest BCUT2D eigenvalue weighted by Crippen LogP contribution is -1.95. The van der Waals surface area contributed by atoms with Crippen molar-refractivity contribution < 1.29 is 0 Å². The van der Waals surface area contributed by atoms with Crippen LogP contribution in [0.25, 0.3) is 43.1 Å². The molecule has 9 rings (SSSR count). The second-order valence-corrected chi connectivity index (χ2v) is 13.0. The van der Waals surface area contributed by atoms with Crippen LogP contribution >= 0.6 is 0 Å². The molecule has 0 N–H and O–H groups in total. The van der Waals surface area contributed by atoms with Gasteiger partial charge >= 0.3 is 0 Å². The summed E-state index contributed by atoms with van der Waals surface area (Å²) in [7, 11) is 0. The molecule has 0 nitrogen and oxygen atoms in total. The molecule has 0 heteroatoms. The summed E-state index contributed by atoms with van der Waals surface area (Å²) in [5.74, 6) is 28.4. The van der Waals surface area contributed by atoms with Crippen molar-refractivity contribution in [2.24, 2.45) is 0 Å². The fourth-order valence-corrected chi connectivity index (χ4v) is 7.01. The Morgan fingerprint density at radius 1 is 0.185 bits per heavy atom. The molecule has 0 saturated heterocycles. The van der Waals surface area contributed by atoms with Gasteiger partial charge in [-0.2, -0.15) is 0 Å². The summed E-state index contributed by atoms with van der Waals surface area (Å²) >= 11 is 0. The Kier molecular flexibility index (Phi) is 8.63. The normalized spacial score (nSPS) is 10.4. The standard InChI is InChI=1S/C54H30/c1-5-17-39(18-6-1)29-33-47-43-25-13-14-26-44(43)48(34-30-40-19-7-2-8-20-40)52-38-54-50(36-32-42-23-11-4-12-24-42)46-28-16-15-27-45(46)49(53(54)37-51(47)52)35-31-41-21-9-3-10-22-41/h1-28,37-38H. The molecule has 0 fully saturated rings. The first-order chi connectivity index (χ1) is 26.8. The van der Waals surface area contributed by atoms with Gasteiger partial charge in [0.1, 0.15) is 0 Å². The second-order valence-electron chi connectivity index (χ2n) is 13.0. The second kappa shape index (κ2) is 14.5. The minimum atomic E-state index is 0.961. The van der Waals surface area contributed by atoms with E-state index in [0.29, 0.717) is 0 Å². The predicted molar refractivity (Wildman–Crippen MR) is 226 cm³/mol. The van der Waals surface area contributed by atoms with E-state index in [1.807, 2.05) is 121 Å². The minimum Gasteiger partial charge on any atom is -0.0622 e. The van der Waals surface area contributed by atoms with Gasteiger partial charge in [-0.25, -0.2) is 0 Å². The average molecular weight is 679 g/mol. The van der Waals surface area contributed by atoms with Gasteiger partial charge in [-0.1, -0.05) is 169 Å². The van der Waals surface area contributed by atoms with Crippen LogP contribution in [-0.4, -0.2) is 0 Å². The molecule has 0 heterocycles. The zero-order valence-corrected chi connectivity index (χ0v) is 29.3. The smallest absolute Gasteiger partial charge is 0.0407 e. The Labute approximate surface area is 315 Å². The van der Waals surface area contributed by atoms with Gasteiger partial charge in [0.05, 0.1) is 0 Å². The topological polar surface area (TPSA) is 0 Å². The van der Waals surface area contributed by atoms with Crippen molar-refractivity contribution in [3.63, 3.8) is 0 Å². The van der Waals surface area contributed by atoms with Gasteiger partial charge in [0.25, 0.3) is 0 Å². The van der Waals surface area contributed by atoms with E-state index in [1.165, 1.54) is 0 Å². The van der Waals surface area contributed by atoms with Crippen molar-refractivity contribution in [2.75, 3.05) is 0 Å². The maximum Gasteiger partial charge on any atom is 0.0407 e. The summed E-state index contributed by atoms with van der Waals surface area (Å²) in [4.78, 5) is 0. The van der Waals surface area contributed by atoms with Gasteiger partial charge in [0.2, 0.25) is 0 Å². The Bertz CT molecular complexity index is 2700. The van der Waals surface area contributed by atoms with E-state index in [1.54, 1.807) is 0 Å². The van der Waals surface area contributed by atoms with Crippen LogP contribution in [0.4, 0.5) is 0 Å². The van der Waals surface area contributed by atoms with E-state index < -0.39 is 0 Å². The third-order valence-electron chi connectivity index (χ3n) is 9.59. The molecule has 0 aliphatic rings. The number of hydrogen-bond donors (Lipinski definition) is 0. The van der Waals surface area contributed by atoms with Gasteiger partial charge in [0.15, 0.2) is 0 Å². The Morgan fingerprint density at radius 3 is 0.611 bits per heavy atom. The van der Waals surface area contributed by atoms with Crippen LogP contribution in [-0.2, 0) is 0 Å². The molecule has 9 aromatic carbocycles. The van der Waals surface area contributed by atoms with Crippen LogP contribution in [0.1, 0.15) is 44.5 Å². The van der Waals surface area contributed by atoms with E-state index in [9.17, 15) is 0 Å². The van der Waals surface area contributed by atoms with Crippen LogP contribution < -0.4 is 0 Å². The first-order valence-electron chi connectivity index (χ1n) is 18.0. The molecule has 0 atom stereocenters. The highest BCUT2D eigenvalue weighted by Gasteiger charge is 2.18. The molecule has 54 heavy (non-hydrogen) atoms. The minimum absolute atomic E-state index is 0.961. The first kappa shape index (κ1) is 32.2. The quantitative estimate of drug-likeness (QED) is 0.111. The van der Waals surface area contributed by atoms with Crippen molar-refractivity contribution in [2.45, 2.75) is 0 Å². The molecule has 0 bridgehead atoms. The van der Waals surface area contributed by atoms with Gasteiger partial charge < -0.3 is 0 Å². The molecule has 0 aliphatic heterocycles. The molecular weight excluding hydrogens is 649 g/mol. The highest BCUT2D eigenvalue weighted by Crippen LogP contribution is 2.39. The van der Waals surface area contributed by atoms with E-state index in [-0.39, 0.29) is 0 Å². The van der Waals surface area contributed by atoms with Crippen molar-refractivity contribution >= 4 is 43.1 Å². The Hall–Kier alpha value is -7.74. The van der Waals surface area contributed by atoms with Gasteiger partial charge in [0, 0.05) is 44.5 Å². The van der Waals surface area contributed by atoms with Crippen LogP contribution in [0.3, 0.4) is 0 Å². The van der Waals surface area contributed by atoms with Crippen LogP contribution in [0, 0.1) is 47.4 Å². The first-order valence-corrected chi connectivity index (χ1v) is 18.0. The van der Waals surface area contributed by atoms with Gasteiger partial charge in [-0.05, 0) is 104 Å². The summed E-state index contributed by atoms with van der Waals surface area (Å²) in [6.45, 7) is 0. The summed E-state index contributed by atoms with van der Waals surface area (Å²) in [6, 6.07) is 62.2. The molecule has 0 aromatic heterocycles. The van der Waals surface area contributed by atoms with E-state index in [4.69, 9.17) is 0 Å². The summed E-state index contributed by atoms with van der Waals surface area (Å²) in [5.41, 5.74) is 7.69. The lowest BCUT2D eigenvalue weighted by atomic mass is 9.86. The van der Waals surface area contributed by atoms with Crippen molar-refractivity contribution in [1.29, 1.82) is 0 Å². The maximum atomic E-state index is 3.63. The van der Waals surface area contributed by atoms with Gasteiger partial charge in [-0.3, -0.25) is 0 Å². The SMILES string of the molecule is C(#Cc1c2ccccc2c(C#Cc2ccccc2)c2cc3c(C#Cc4ccccc4)c4ccccc4c(C#Cc4ccccc4)c3cc12)c1ccccc1. The highest BCUT2D eigenvalue weighted by molar-refractivity contribution is 6.18. The molecule has 246 valence electrons. The lowest BCUT2D eigenvalue weighted by Gasteiger charge is -2.16. The molecule has 0 amide bonds. The molecule has 0 spiro atoms. The van der Waals surface area contributed by atoms with Crippen LogP contribution in [0.2, 0.25) is 0 Å². The van der Waals surface area contributed by atoms with E-state index in [0.717, 1.165) is 87.6 Å².